The lowest BCUT2D eigenvalue weighted by molar-refractivity contribution is 0.352. The summed E-state index contributed by atoms with van der Waals surface area (Å²) in [7, 11) is 1.74. The molecule has 1 aliphatic carbocycles. The predicted octanol–water partition coefficient (Wildman–Crippen LogP) is 4.04. The number of benzene rings is 1. The smallest absolute Gasteiger partial charge is 0.122 e. The van der Waals surface area contributed by atoms with Crippen molar-refractivity contribution in [3.8, 4) is 5.75 Å². The number of rotatable bonds is 3. The Morgan fingerprint density at radius 1 is 1.31 bits per heavy atom. The molecule has 16 heavy (non-hydrogen) atoms. The van der Waals surface area contributed by atoms with Gasteiger partial charge in [0.15, 0.2) is 0 Å². The summed E-state index contributed by atoms with van der Waals surface area (Å²) in [6.07, 6.45) is 6.02. The van der Waals surface area contributed by atoms with E-state index in [1.54, 1.807) is 7.11 Å². The largest absolute Gasteiger partial charge is 0.496 e. The zero-order valence-electron chi connectivity index (χ0n) is 9.79. The highest BCUT2D eigenvalue weighted by molar-refractivity contribution is 6.20. The highest BCUT2D eigenvalue weighted by Gasteiger charge is 2.21. The average molecular weight is 239 g/mol. The molecule has 0 aliphatic heterocycles. The van der Waals surface area contributed by atoms with Crippen molar-refractivity contribution in [2.75, 3.05) is 7.11 Å². The van der Waals surface area contributed by atoms with Crippen LogP contribution in [0.5, 0.6) is 5.75 Å². The van der Waals surface area contributed by atoms with E-state index >= 15 is 0 Å². The second-order valence-electron chi connectivity index (χ2n) is 4.65. The van der Waals surface area contributed by atoms with Crippen molar-refractivity contribution in [3.63, 3.8) is 0 Å². The van der Waals surface area contributed by atoms with Crippen LogP contribution in [0.2, 0.25) is 0 Å². The summed E-state index contributed by atoms with van der Waals surface area (Å²) in [5.41, 5.74) is 1.32. The average Bonchev–Trinajstić information content (AvgIpc) is 2.30. The fraction of sp³-hybridized carbons (Fsp3) is 0.571. The SMILES string of the molecule is COc1ccccc1CC1CCCC(Cl)C1. The Morgan fingerprint density at radius 2 is 2.12 bits per heavy atom. The van der Waals surface area contributed by atoms with Crippen molar-refractivity contribution >= 4 is 11.6 Å². The fourth-order valence-corrected chi connectivity index (χ4v) is 3.00. The molecule has 1 aliphatic rings. The van der Waals surface area contributed by atoms with Crippen molar-refractivity contribution in [3.05, 3.63) is 29.8 Å². The molecular formula is C14H19ClO. The molecule has 0 saturated heterocycles. The van der Waals surface area contributed by atoms with E-state index < -0.39 is 0 Å². The van der Waals surface area contributed by atoms with Crippen molar-refractivity contribution < 1.29 is 4.74 Å². The van der Waals surface area contributed by atoms with E-state index in [1.165, 1.54) is 24.8 Å². The first-order chi connectivity index (χ1) is 7.79. The molecule has 2 rings (SSSR count). The van der Waals surface area contributed by atoms with E-state index in [4.69, 9.17) is 16.3 Å². The maximum Gasteiger partial charge on any atom is 0.122 e. The zero-order valence-corrected chi connectivity index (χ0v) is 10.5. The van der Waals surface area contributed by atoms with Crippen LogP contribution in [0, 0.1) is 5.92 Å². The molecule has 0 amide bonds. The van der Waals surface area contributed by atoms with E-state index in [0.717, 1.165) is 24.5 Å². The van der Waals surface area contributed by atoms with Gasteiger partial charge in [0.05, 0.1) is 7.11 Å². The van der Waals surface area contributed by atoms with Gasteiger partial charge in [-0.15, -0.1) is 11.6 Å². The molecule has 0 heterocycles. The quantitative estimate of drug-likeness (QED) is 0.723. The monoisotopic (exact) mass is 238 g/mol. The van der Waals surface area contributed by atoms with Gasteiger partial charge in [-0.1, -0.05) is 31.0 Å². The van der Waals surface area contributed by atoms with Gasteiger partial charge in [0.1, 0.15) is 5.75 Å². The summed E-state index contributed by atoms with van der Waals surface area (Å²) >= 11 is 6.22. The highest BCUT2D eigenvalue weighted by Crippen LogP contribution is 2.32. The summed E-state index contributed by atoms with van der Waals surface area (Å²) in [6.45, 7) is 0. The molecule has 88 valence electrons. The van der Waals surface area contributed by atoms with Gasteiger partial charge in [-0.05, 0) is 36.8 Å². The third kappa shape index (κ3) is 2.91. The minimum Gasteiger partial charge on any atom is -0.496 e. The van der Waals surface area contributed by atoms with Gasteiger partial charge < -0.3 is 4.74 Å². The van der Waals surface area contributed by atoms with Crippen molar-refractivity contribution in [1.82, 2.24) is 0 Å². The first-order valence-electron chi connectivity index (χ1n) is 6.05. The van der Waals surface area contributed by atoms with Crippen molar-refractivity contribution in [2.24, 2.45) is 5.92 Å². The lowest BCUT2D eigenvalue weighted by atomic mass is 9.84. The normalized spacial score (nSPS) is 25.4. The Balaban J connectivity index is 2.02. The number of methoxy groups -OCH3 is 1. The van der Waals surface area contributed by atoms with Gasteiger partial charge in [-0.3, -0.25) is 0 Å². The van der Waals surface area contributed by atoms with Gasteiger partial charge in [-0.25, -0.2) is 0 Å². The van der Waals surface area contributed by atoms with Crippen molar-refractivity contribution in [1.29, 1.82) is 0 Å². The third-order valence-corrected chi connectivity index (χ3v) is 3.82. The van der Waals surface area contributed by atoms with Crippen LogP contribution in [0.15, 0.2) is 24.3 Å². The molecule has 2 unspecified atom stereocenters. The maximum atomic E-state index is 6.22. The Bertz CT molecular complexity index is 337. The Kier molecular flexibility index (Phi) is 4.11. The second-order valence-corrected chi connectivity index (χ2v) is 5.26. The third-order valence-electron chi connectivity index (χ3n) is 3.42. The summed E-state index contributed by atoms with van der Waals surface area (Å²) in [5.74, 6) is 1.74. The molecule has 1 aromatic carbocycles. The lowest BCUT2D eigenvalue weighted by Gasteiger charge is -2.25. The molecule has 0 aromatic heterocycles. The molecule has 0 bridgehead atoms. The molecule has 2 heteroatoms. The van der Waals surface area contributed by atoms with Crippen LogP contribution in [-0.2, 0) is 6.42 Å². The van der Waals surface area contributed by atoms with Gasteiger partial charge >= 0.3 is 0 Å². The number of hydrogen-bond acceptors (Lipinski definition) is 1. The molecule has 2 atom stereocenters. The summed E-state index contributed by atoms with van der Waals surface area (Å²) < 4.78 is 5.38. The second kappa shape index (κ2) is 5.58. The van der Waals surface area contributed by atoms with E-state index in [0.29, 0.717) is 5.38 Å². The minimum atomic E-state index is 0.383. The summed E-state index contributed by atoms with van der Waals surface area (Å²) in [6, 6.07) is 8.30. The maximum absolute atomic E-state index is 6.22. The van der Waals surface area contributed by atoms with Gasteiger partial charge in [0.25, 0.3) is 0 Å². The molecule has 0 radical (unpaired) electrons. The zero-order chi connectivity index (χ0) is 11.4. The number of para-hydroxylation sites is 1. The van der Waals surface area contributed by atoms with Crippen LogP contribution in [-0.4, -0.2) is 12.5 Å². The molecule has 0 N–H and O–H groups in total. The molecular weight excluding hydrogens is 220 g/mol. The van der Waals surface area contributed by atoms with Crippen molar-refractivity contribution in [2.45, 2.75) is 37.5 Å². The predicted molar refractivity (Wildman–Crippen MR) is 68.3 cm³/mol. The van der Waals surface area contributed by atoms with Crippen LogP contribution in [0.1, 0.15) is 31.2 Å². The molecule has 1 aromatic rings. The molecule has 1 fully saturated rings. The number of hydrogen-bond donors (Lipinski definition) is 0. The topological polar surface area (TPSA) is 9.23 Å². The van der Waals surface area contributed by atoms with E-state index in [-0.39, 0.29) is 0 Å². The van der Waals surface area contributed by atoms with Gasteiger partial charge in [0.2, 0.25) is 0 Å². The Labute approximate surface area is 103 Å². The minimum absolute atomic E-state index is 0.383. The molecule has 1 nitrogen and oxygen atoms in total. The van der Waals surface area contributed by atoms with Gasteiger partial charge in [0, 0.05) is 5.38 Å². The van der Waals surface area contributed by atoms with Gasteiger partial charge in [-0.2, -0.15) is 0 Å². The highest BCUT2D eigenvalue weighted by atomic mass is 35.5. The number of halogens is 1. The number of ether oxygens (including phenoxy) is 1. The van der Waals surface area contributed by atoms with E-state index in [2.05, 4.69) is 12.1 Å². The van der Waals surface area contributed by atoms with Crippen LogP contribution in [0.3, 0.4) is 0 Å². The van der Waals surface area contributed by atoms with E-state index in [9.17, 15) is 0 Å². The molecule has 0 spiro atoms. The Hall–Kier alpha value is -0.690. The summed E-state index contributed by atoms with van der Waals surface area (Å²) in [5, 5.41) is 0.383. The molecule has 1 saturated carbocycles. The first-order valence-corrected chi connectivity index (χ1v) is 6.49. The first kappa shape index (κ1) is 11.8. The Morgan fingerprint density at radius 3 is 2.88 bits per heavy atom. The van der Waals surface area contributed by atoms with Crippen LogP contribution in [0.4, 0.5) is 0 Å². The summed E-state index contributed by atoms with van der Waals surface area (Å²) in [4.78, 5) is 0. The van der Waals surface area contributed by atoms with Crippen LogP contribution >= 0.6 is 11.6 Å². The standard InChI is InChI=1S/C14H19ClO/c1-16-14-8-3-2-6-12(14)9-11-5-4-7-13(15)10-11/h2-3,6,8,11,13H,4-5,7,9-10H2,1H3. The number of alkyl halides is 1. The van der Waals surface area contributed by atoms with E-state index in [1.807, 2.05) is 12.1 Å². The lowest BCUT2D eigenvalue weighted by Crippen LogP contribution is -2.17. The fourth-order valence-electron chi connectivity index (χ4n) is 2.59. The van der Waals surface area contributed by atoms with Crippen LogP contribution in [0.25, 0.3) is 0 Å². The van der Waals surface area contributed by atoms with Crippen LogP contribution < -0.4 is 4.74 Å².